The molecule has 0 atom stereocenters. The van der Waals surface area contributed by atoms with Crippen LogP contribution in [0.1, 0.15) is 27.1 Å². The fourth-order valence-electron chi connectivity index (χ4n) is 3.16. The van der Waals surface area contributed by atoms with E-state index in [1.54, 1.807) is 28.0 Å². The number of ether oxygens (including phenoxy) is 1. The Morgan fingerprint density at radius 1 is 1.00 bits per heavy atom. The van der Waals surface area contributed by atoms with Crippen molar-refractivity contribution in [3.8, 4) is 5.75 Å². The number of anilines is 1. The van der Waals surface area contributed by atoms with E-state index in [1.165, 1.54) is 13.2 Å². The molecule has 0 aromatic heterocycles. The largest absolute Gasteiger partial charge is 0.496 e. The van der Waals surface area contributed by atoms with E-state index in [1.807, 2.05) is 18.2 Å². The topological polar surface area (TPSA) is 75.9 Å². The summed E-state index contributed by atoms with van der Waals surface area (Å²) in [5.74, 6) is 0.198. The molecule has 0 unspecified atom stereocenters. The number of halogens is 1. The second kappa shape index (κ2) is 8.31. The molecule has 6 nitrogen and oxygen atoms in total. The van der Waals surface area contributed by atoms with Gasteiger partial charge in [-0.2, -0.15) is 0 Å². The highest BCUT2D eigenvalue weighted by Gasteiger charge is 2.25. The molecular formula is C20H22ClN3O3. The summed E-state index contributed by atoms with van der Waals surface area (Å²) in [7, 11) is 1.49. The second-order valence-corrected chi connectivity index (χ2v) is 6.79. The Kier molecular flexibility index (Phi) is 5.86. The summed E-state index contributed by atoms with van der Waals surface area (Å²) in [4.78, 5) is 29.2. The number of hydrogen-bond donors (Lipinski definition) is 1. The van der Waals surface area contributed by atoms with Gasteiger partial charge in [-0.1, -0.05) is 29.8 Å². The molecule has 0 radical (unpaired) electrons. The van der Waals surface area contributed by atoms with Gasteiger partial charge in [0.05, 0.1) is 23.4 Å². The van der Waals surface area contributed by atoms with E-state index in [0.29, 0.717) is 60.2 Å². The normalized spacial score (nSPS) is 14.6. The number of carbonyl (C=O) groups is 2. The Morgan fingerprint density at radius 2 is 1.63 bits per heavy atom. The lowest BCUT2D eigenvalue weighted by Gasteiger charge is -2.23. The molecule has 2 aromatic rings. The third-order valence-corrected chi connectivity index (χ3v) is 4.97. The highest BCUT2D eigenvalue weighted by Crippen LogP contribution is 2.30. The molecule has 1 heterocycles. The Labute approximate surface area is 163 Å². The molecule has 1 saturated heterocycles. The molecule has 142 valence electrons. The van der Waals surface area contributed by atoms with Crippen LogP contribution in [0.2, 0.25) is 5.02 Å². The molecule has 2 N–H and O–H groups in total. The third-order valence-electron chi connectivity index (χ3n) is 4.64. The van der Waals surface area contributed by atoms with Gasteiger partial charge in [-0.05, 0) is 24.6 Å². The number of benzene rings is 2. The smallest absolute Gasteiger partial charge is 0.257 e. The molecule has 0 spiro atoms. The van der Waals surface area contributed by atoms with E-state index in [4.69, 9.17) is 22.1 Å². The second-order valence-electron chi connectivity index (χ2n) is 6.38. The van der Waals surface area contributed by atoms with Crippen molar-refractivity contribution in [1.82, 2.24) is 9.80 Å². The summed E-state index contributed by atoms with van der Waals surface area (Å²) < 4.78 is 5.29. The number of amides is 2. The Morgan fingerprint density at radius 3 is 2.26 bits per heavy atom. The molecule has 2 amide bonds. The first-order valence-electron chi connectivity index (χ1n) is 8.78. The zero-order valence-corrected chi connectivity index (χ0v) is 15.9. The molecule has 27 heavy (non-hydrogen) atoms. The number of hydrogen-bond acceptors (Lipinski definition) is 4. The van der Waals surface area contributed by atoms with Gasteiger partial charge in [0.2, 0.25) is 0 Å². The lowest BCUT2D eigenvalue weighted by Crippen LogP contribution is -2.37. The summed E-state index contributed by atoms with van der Waals surface area (Å²) in [6, 6.07) is 12.3. The van der Waals surface area contributed by atoms with E-state index < -0.39 is 0 Å². The minimum absolute atomic E-state index is 0.0157. The Bertz CT molecular complexity index is 842. The van der Waals surface area contributed by atoms with Crippen LogP contribution in [0.15, 0.2) is 42.5 Å². The molecular weight excluding hydrogens is 366 g/mol. The van der Waals surface area contributed by atoms with Crippen LogP contribution in [-0.2, 0) is 0 Å². The van der Waals surface area contributed by atoms with Crippen molar-refractivity contribution in [2.24, 2.45) is 0 Å². The zero-order valence-electron chi connectivity index (χ0n) is 15.2. The number of methoxy groups -OCH3 is 1. The molecule has 1 aliphatic rings. The molecule has 2 aromatic carbocycles. The summed E-state index contributed by atoms with van der Waals surface area (Å²) in [5.41, 5.74) is 7.19. The standard InChI is InChI=1S/C20H22ClN3O3/c1-27-18-13-17(22)16(21)12-15(18)20(26)24-9-5-8-23(10-11-24)19(25)14-6-3-2-4-7-14/h2-4,6-7,12-13H,5,8-11,22H2,1H3. The van der Waals surface area contributed by atoms with Gasteiger partial charge < -0.3 is 20.3 Å². The van der Waals surface area contributed by atoms with E-state index in [9.17, 15) is 9.59 Å². The molecule has 0 aliphatic carbocycles. The maximum Gasteiger partial charge on any atom is 0.257 e. The first kappa shape index (κ1) is 19.0. The molecule has 3 rings (SSSR count). The molecule has 1 aliphatic heterocycles. The summed E-state index contributed by atoms with van der Waals surface area (Å²) in [6.07, 6.45) is 0.704. The maximum atomic E-state index is 13.0. The number of nitrogen functional groups attached to an aromatic ring is 1. The first-order valence-corrected chi connectivity index (χ1v) is 9.15. The average molecular weight is 388 g/mol. The van der Waals surface area contributed by atoms with Crippen molar-refractivity contribution in [1.29, 1.82) is 0 Å². The SMILES string of the molecule is COc1cc(N)c(Cl)cc1C(=O)N1CCCN(C(=O)c2ccccc2)CC1. The van der Waals surface area contributed by atoms with E-state index >= 15 is 0 Å². The van der Waals surface area contributed by atoms with Crippen molar-refractivity contribution in [3.63, 3.8) is 0 Å². The van der Waals surface area contributed by atoms with Crippen molar-refractivity contribution in [3.05, 3.63) is 58.6 Å². The number of rotatable bonds is 3. The van der Waals surface area contributed by atoms with E-state index in [-0.39, 0.29) is 11.8 Å². The Hall–Kier alpha value is -2.73. The molecule has 1 fully saturated rings. The lowest BCUT2D eigenvalue weighted by atomic mass is 10.1. The van der Waals surface area contributed by atoms with Gasteiger partial charge in [0.25, 0.3) is 11.8 Å². The van der Waals surface area contributed by atoms with Gasteiger partial charge in [-0.15, -0.1) is 0 Å². The van der Waals surface area contributed by atoms with Gasteiger partial charge in [0, 0.05) is 37.8 Å². The number of nitrogens with zero attached hydrogens (tertiary/aromatic N) is 2. The zero-order chi connectivity index (χ0) is 19.4. The van der Waals surface area contributed by atoms with Crippen molar-refractivity contribution < 1.29 is 14.3 Å². The number of carbonyl (C=O) groups excluding carboxylic acids is 2. The first-order chi connectivity index (χ1) is 13.0. The van der Waals surface area contributed by atoms with Gasteiger partial charge >= 0.3 is 0 Å². The molecule has 0 saturated carbocycles. The third kappa shape index (κ3) is 4.17. The predicted octanol–water partition coefficient (Wildman–Crippen LogP) is 2.92. The molecule has 0 bridgehead atoms. The van der Waals surface area contributed by atoms with Gasteiger partial charge in [-0.25, -0.2) is 0 Å². The van der Waals surface area contributed by atoms with Gasteiger partial charge in [-0.3, -0.25) is 9.59 Å². The van der Waals surface area contributed by atoms with Crippen LogP contribution in [0.4, 0.5) is 5.69 Å². The van der Waals surface area contributed by atoms with Crippen molar-refractivity contribution in [2.75, 3.05) is 39.0 Å². The monoisotopic (exact) mass is 387 g/mol. The number of nitrogens with two attached hydrogens (primary N) is 1. The van der Waals surface area contributed by atoms with Crippen LogP contribution < -0.4 is 10.5 Å². The highest BCUT2D eigenvalue weighted by molar-refractivity contribution is 6.33. The predicted molar refractivity (Wildman–Crippen MR) is 105 cm³/mol. The van der Waals surface area contributed by atoms with Crippen LogP contribution in [-0.4, -0.2) is 54.9 Å². The van der Waals surface area contributed by atoms with Crippen LogP contribution in [0.5, 0.6) is 5.75 Å². The van der Waals surface area contributed by atoms with Gasteiger partial charge in [0.15, 0.2) is 0 Å². The fourth-order valence-corrected chi connectivity index (χ4v) is 3.33. The van der Waals surface area contributed by atoms with Crippen LogP contribution in [0.3, 0.4) is 0 Å². The summed E-state index contributed by atoms with van der Waals surface area (Å²) in [6.45, 7) is 2.09. The van der Waals surface area contributed by atoms with Crippen LogP contribution >= 0.6 is 11.6 Å². The van der Waals surface area contributed by atoms with Crippen molar-refractivity contribution in [2.45, 2.75) is 6.42 Å². The molecule has 7 heteroatoms. The fraction of sp³-hybridized carbons (Fsp3) is 0.300. The maximum absolute atomic E-state index is 13.0. The van der Waals surface area contributed by atoms with Crippen LogP contribution in [0, 0.1) is 0 Å². The highest BCUT2D eigenvalue weighted by atomic mass is 35.5. The minimum atomic E-state index is -0.178. The summed E-state index contributed by atoms with van der Waals surface area (Å²) >= 11 is 6.09. The summed E-state index contributed by atoms with van der Waals surface area (Å²) in [5, 5.41) is 0.315. The van der Waals surface area contributed by atoms with E-state index in [2.05, 4.69) is 0 Å². The van der Waals surface area contributed by atoms with Crippen LogP contribution in [0.25, 0.3) is 0 Å². The average Bonchev–Trinajstić information content (AvgIpc) is 2.95. The Balaban J connectivity index is 1.74. The minimum Gasteiger partial charge on any atom is -0.496 e. The lowest BCUT2D eigenvalue weighted by molar-refractivity contribution is 0.0717. The van der Waals surface area contributed by atoms with Gasteiger partial charge in [0.1, 0.15) is 5.75 Å². The quantitative estimate of drug-likeness (QED) is 0.821. The van der Waals surface area contributed by atoms with Crippen molar-refractivity contribution >= 4 is 29.1 Å². The van der Waals surface area contributed by atoms with E-state index in [0.717, 1.165) is 0 Å².